The molecule has 1 fully saturated rings. The van der Waals surface area contributed by atoms with Crippen LogP contribution in [0.4, 0.5) is 5.13 Å². The van der Waals surface area contributed by atoms with E-state index >= 15 is 0 Å². The number of aromatic nitrogens is 1. The molecule has 0 atom stereocenters. The Morgan fingerprint density at radius 1 is 1.20 bits per heavy atom. The molecule has 126 valence electrons. The summed E-state index contributed by atoms with van der Waals surface area (Å²) in [4.78, 5) is 4.64. The van der Waals surface area contributed by atoms with Crippen LogP contribution in [0.5, 0.6) is 0 Å². The molecule has 2 aromatic carbocycles. The summed E-state index contributed by atoms with van der Waals surface area (Å²) in [6.07, 6.45) is 3.87. The predicted octanol–water partition coefficient (Wildman–Crippen LogP) is 4.82. The summed E-state index contributed by atoms with van der Waals surface area (Å²) in [5.41, 5.74) is 9.76. The fourth-order valence-corrected chi connectivity index (χ4v) is 3.63. The highest BCUT2D eigenvalue weighted by Gasteiger charge is 2.22. The summed E-state index contributed by atoms with van der Waals surface area (Å²) < 4.78 is 6.77. The van der Waals surface area contributed by atoms with Gasteiger partial charge in [-0.25, -0.2) is 4.98 Å². The van der Waals surface area contributed by atoms with E-state index in [1.54, 1.807) is 11.3 Å². The average Bonchev–Trinajstić information content (AvgIpc) is 3.36. The first-order valence-electron chi connectivity index (χ1n) is 8.25. The van der Waals surface area contributed by atoms with Crippen molar-refractivity contribution in [2.45, 2.75) is 18.9 Å². The third kappa shape index (κ3) is 3.37. The van der Waals surface area contributed by atoms with E-state index < -0.39 is 0 Å². The third-order valence-electron chi connectivity index (χ3n) is 4.09. The number of nitrogens with zero attached hydrogens (tertiary/aromatic N) is 1. The maximum atomic E-state index is 6.36. The average molecular weight is 349 g/mol. The minimum absolute atomic E-state index is 0.584. The number of hydrogen-bond donors (Lipinski definition) is 2. The fourth-order valence-electron chi connectivity index (χ4n) is 2.65. The van der Waals surface area contributed by atoms with Crippen molar-refractivity contribution in [2.24, 2.45) is 5.73 Å². The maximum Gasteiger partial charge on any atom is 0.184 e. The van der Waals surface area contributed by atoms with Gasteiger partial charge in [-0.2, -0.15) is 0 Å². The lowest BCUT2D eigenvalue weighted by Gasteiger charge is -2.11. The molecular weight excluding hydrogens is 330 g/mol. The van der Waals surface area contributed by atoms with Crippen LogP contribution >= 0.6 is 11.3 Å². The van der Waals surface area contributed by atoms with E-state index in [2.05, 4.69) is 22.9 Å². The van der Waals surface area contributed by atoms with Crippen LogP contribution in [0.3, 0.4) is 0 Å². The number of nitrogens with two attached hydrogens (primary N) is 1. The lowest BCUT2D eigenvalue weighted by atomic mass is 10.1. The Balaban J connectivity index is 1.74. The summed E-state index contributed by atoms with van der Waals surface area (Å²) in [6.45, 7) is 3.68. The van der Waals surface area contributed by atoms with Crippen molar-refractivity contribution >= 4 is 38.1 Å². The van der Waals surface area contributed by atoms with E-state index in [9.17, 15) is 0 Å². The monoisotopic (exact) mass is 349 g/mol. The van der Waals surface area contributed by atoms with Crippen LogP contribution in [0.1, 0.15) is 24.0 Å². The Bertz CT molecular complexity index is 942. The van der Waals surface area contributed by atoms with Crippen LogP contribution in [-0.2, 0) is 4.74 Å². The third-order valence-corrected chi connectivity index (χ3v) is 5.04. The van der Waals surface area contributed by atoms with E-state index in [-0.39, 0.29) is 0 Å². The van der Waals surface area contributed by atoms with Gasteiger partial charge in [0.1, 0.15) is 0 Å². The lowest BCUT2D eigenvalue weighted by Crippen LogP contribution is -2.02. The Morgan fingerprint density at radius 3 is 2.72 bits per heavy atom. The van der Waals surface area contributed by atoms with Gasteiger partial charge in [-0.05, 0) is 31.0 Å². The summed E-state index contributed by atoms with van der Waals surface area (Å²) in [5, 5.41) is 4.42. The smallest absolute Gasteiger partial charge is 0.184 e. The van der Waals surface area contributed by atoms with Crippen molar-refractivity contribution in [3.05, 3.63) is 72.5 Å². The molecule has 0 radical (unpaired) electrons. The number of hydrogen-bond acceptors (Lipinski definition) is 5. The molecule has 3 N–H and O–H groups in total. The zero-order valence-corrected chi connectivity index (χ0v) is 14.6. The van der Waals surface area contributed by atoms with E-state index in [0.717, 1.165) is 26.5 Å². The Kier molecular flexibility index (Phi) is 4.15. The molecule has 1 aliphatic carbocycles. The first-order chi connectivity index (χ1) is 12.2. The molecule has 0 aliphatic heterocycles. The molecule has 0 saturated heterocycles. The summed E-state index contributed by atoms with van der Waals surface area (Å²) in [5.74, 6) is 0.605. The molecular formula is C20H19N3OS. The number of fused-ring (bicyclic) bond motifs is 1. The van der Waals surface area contributed by atoms with Crippen molar-refractivity contribution in [3.8, 4) is 0 Å². The fraction of sp³-hybridized carbons (Fsp3) is 0.150. The minimum Gasteiger partial charge on any atom is -0.463 e. The van der Waals surface area contributed by atoms with Gasteiger partial charge in [-0.3, -0.25) is 0 Å². The Labute approximate surface area is 150 Å². The van der Waals surface area contributed by atoms with Gasteiger partial charge in [0, 0.05) is 17.2 Å². The van der Waals surface area contributed by atoms with E-state index in [1.807, 2.05) is 42.5 Å². The van der Waals surface area contributed by atoms with Crippen molar-refractivity contribution in [1.82, 2.24) is 4.98 Å². The summed E-state index contributed by atoms with van der Waals surface area (Å²) >= 11 is 1.66. The normalized spacial score (nSPS) is 14.9. The molecule has 1 heterocycles. The summed E-state index contributed by atoms with van der Waals surface area (Å²) in [6, 6.07) is 16.4. The molecule has 4 nitrogen and oxygen atoms in total. The van der Waals surface area contributed by atoms with Crippen molar-refractivity contribution < 1.29 is 4.74 Å². The van der Waals surface area contributed by atoms with Crippen LogP contribution in [0, 0.1) is 0 Å². The highest BCUT2D eigenvalue weighted by atomic mass is 32.1. The van der Waals surface area contributed by atoms with Crippen LogP contribution < -0.4 is 11.1 Å². The molecule has 0 unspecified atom stereocenters. The van der Waals surface area contributed by atoms with Crippen LogP contribution in [0.25, 0.3) is 21.7 Å². The van der Waals surface area contributed by atoms with Crippen molar-refractivity contribution in [3.63, 3.8) is 0 Å². The van der Waals surface area contributed by atoms with E-state index in [1.165, 1.54) is 19.1 Å². The number of benzene rings is 2. The van der Waals surface area contributed by atoms with E-state index in [4.69, 9.17) is 10.5 Å². The number of ether oxygens (including phenoxy) is 1. The van der Waals surface area contributed by atoms with Gasteiger partial charge in [0.05, 0.1) is 22.2 Å². The second-order valence-corrected chi connectivity index (χ2v) is 7.04. The van der Waals surface area contributed by atoms with Crippen molar-refractivity contribution in [1.29, 1.82) is 0 Å². The second-order valence-electron chi connectivity index (χ2n) is 6.01. The maximum absolute atomic E-state index is 6.36. The van der Waals surface area contributed by atoms with Gasteiger partial charge in [0.25, 0.3) is 0 Å². The first kappa shape index (κ1) is 15.7. The zero-order valence-electron chi connectivity index (χ0n) is 13.7. The molecule has 1 saturated carbocycles. The zero-order chi connectivity index (χ0) is 17.2. The molecule has 0 bridgehead atoms. The first-order valence-corrected chi connectivity index (χ1v) is 9.06. The summed E-state index contributed by atoms with van der Waals surface area (Å²) in [7, 11) is 0. The minimum atomic E-state index is 0.584. The van der Waals surface area contributed by atoms with Gasteiger partial charge in [-0.15, -0.1) is 0 Å². The Morgan fingerprint density at radius 2 is 2.00 bits per heavy atom. The van der Waals surface area contributed by atoms with Crippen LogP contribution in [-0.4, -0.2) is 11.0 Å². The number of rotatable bonds is 6. The van der Waals surface area contributed by atoms with Gasteiger partial charge >= 0.3 is 0 Å². The highest BCUT2D eigenvalue weighted by molar-refractivity contribution is 7.22. The number of nitrogens with one attached hydrogen (secondary N) is 1. The molecule has 1 aliphatic rings. The van der Waals surface area contributed by atoms with Crippen molar-refractivity contribution in [2.75, 3.05) is 5.32 Å². The molecule has 5 heteroatoms. The van der Waals surface area contributed by atoms with Gasteiger partial charge < -0.3 is 15.8 Å². The number of thiazole rings is 1. The standard InChI is InChI=1S/C20H19N3OS/c1-2-24-19(18(21)13-6-4-3-5-7-13)14-8-11-16-17(12-14)25-20(23-16)22-15-9-10-15/h2-8,11-12,15H,1,9-10,21H2,(H,22,23)/b19-18-. The Hall–Kier alpha value is -2.79. The van der Waals surface area contributed by atoms with Crippen LogP contribution in [0.2, 0.25) is 0 Å². The van der Waals surface area contributed by atoms with E-state index in [0.29, 0.717) is 17.5 Å². The quantitative estimate of drug-likeness (QED) is 0.495. The number of anilines is 1. The molecule has 25 heavy (non-hydrogen) atoms. The van der Waals surface area contributed by atoms with Gasteiger partial charge in [-0.1, -0.05) is 48.2 Å². The molecule has 4 rings (SSSR count). The van der Waals surface area contributed by atoms with Gasteiger partial charge in [0.2, 0.25) is 0 Å². The topological polar surface area (TPSA) is 60.2 Å². The predicted molar refractivity (Wildman–Crippen MR) is 105 cm³/mol. The lowest BCUT2D eigenvalue weighted by molar-refractivity contribution is 0.439. The largest absolute Gasteiger partial charge is 0.463 e. The molecule has 3 aromatic rings. The van der Waals surface area contributed by atoms with Gasteiger partial charge in [0.15, 0.2) is 10.9 Å². The van der Waals surface area contributed by atoms with Crippen LogP contribution in [0.15, 0.2) is 61.4 Å². The molecule has 0 spiro atoms. The molecule has 0 amide bonds. The molecule has 1 aromatic heterocycles. The second kappa shape index (κ2) is 6.61. The highest BCUT2D eigenvalue weighted by Crippen LogP contribution is 2.33. The SMILES string of the molecule is C=CO/C(=C(\N)c1ccccc1)c1ccc2nc(NC3CC3)sc2c1.